The van der Waals surface area contributed by atoms with Gasteiger partial charge >= 0.3 is 11.9 Å². The molecule has 11 unspecified atom stereocenters. The maximum absolute atomic E-state index is 12.9. The molecule has 3 aliphatic heterocycles. The first-order valence-electron chi connectivity index (χ1n) is 19.3. The van der Waals surface area contributed by atoms with Crippen LogP contribution in [-0.4, -0.2) is 218 Å². The molecule has 59 heavy (non-hydrogen) atoms. The fourth-order valence-corrected chi connectivity index (χ4v) is 7.07. The molecule has 0 aromatic heterocycles. The SMILES string of the molecule is COC(=O)CCCCCCCCO[C@@H]1OC(CO)[C@H](O)C(OC2OC(CO)[C@@H](O)C(O[C@]3(C(=O)O)CC(O)[C@@H](NC(C)=O)C(C(O)C(O)CO)O3)C2O)C1NC(=O)CO. The number of carbonyl (C=O) groups is 4. The van der Waals surface area contributed by atoms with Crippen LogP contribution in [0.25, 0.3) is 0 Å². The molecule has 342 valence electrons. The van der Waals surface area contributed by atoms with E-state index in [2.05, 4.69) is 15.4 Å². The minimum Gasteiger partial charge on any atom is -0.477 e. The first-order chi connectivity index (χ1) is 28.0. The van der Waals surface area contributed by atoms with Crippen LogP contribution in [0.4, 0.5) is 0 Å². The van der Waals surface area contributed by atoms with Gasteiger partial charge in [-0.25, -0.2) is 4.79 Å². The molecule has 0 saturated carbocycles. The quantitative estimate of drug-likeness (QED) is 0.0336. The van der Waals surface area contributed by atoms with Crippen molar-refractivity contribution in [3.05, 3.63) is 0 Å². The van der Waals surface area contributed by atoms with Crippen LogP contribution in [0.3, 0.4) is 0 Å². The number of hydrogen-bond acceptors (Lipinski definition) is 21. The maximum atomic E-state index is 12.9. The number of aliphatic hydroxyl groups excluding tert-OH is 10. The molecular formula is C35H60N2O22. The van der Waals surface area contributed by atoms with Gasteiger partial charge < -0.3 is 100.0 Å². The van der Waals surface area contributed by atoms with E-state index >= 15 is 0 Å². The zero-order valence-electron chi connectivity index (χ0n) is 32.8. The Morgan fingerprint density at radius 3 is 1.95 bits per heavy atom. The largest absolute Gasteiger partial charge is 0.477 e. The van der Waals surface area contributed by atoms with Gasteiger partial charge in [0.2, 0.25) is 11.8 Å². The number of esters is 1. The monoisotopic (exact) mass is 860 g/mol. The Morgan fingerprint density at radius 1 is 0.797 bits per heavy atom. The Morgan fingerprint density at radius 2 is 1.39 bits per heavy atom. The van der Waals surface area contributed by atoms with Gasteiger partial charge in [0.25, 0.3) is 5.79 Å². The Bertz CT molecular complexity index is 1330. The number of aliphatic carboxylic acids is 1. The Balaban J connectivity index is 1.87. The van der Waals surface area contributed by atoms with Crippen molar-refractivity contribution in [3.8, 4) is 0 Å². The highest BCUT2D eigenvalue weighted by Gasteiger charge is 2.60. The van der Waals surface area contributed by atoms with Gasteiger partial charge in [0.15, 0.2) is 12.6 Å². The highest BCUT2D eigenvalue weighted by molar-refractivity contribution is 5.77. The Hall–Kier alpha value is -2.76. The number of hydrogen-bond donors (Lipinski definition) is 13. The summed E-state index contributed by atoms with van der Waals surface area (Å²) in [5.41, 5.74) is 0. The van der Waals surface area contributed by atoms with E-state index in [1.807, 2.05) is 0 Å². The lowest BCUT2D eigenvalue weighted by atomic mass is 9.88. The Kier molecular flexibility index (Phi) is 20.6. The number of rotatable bonds is 23. The summed E-state index contributed by atoms with van der Waals surface area (Å²) < 4.78 is 39.1. The highest BCUT2D eigenvalue weighted by Crippen LogP contribution is 2.38. The van der Waals surface area contributed by atoms with E-state index < -0.39 is 148 Å². The number of methoxy groups -OCH3 is 1. The standard InChI is InChI=1S/C35H60N2O22/c1-16(42)36-23-17(43)11-35(34(51)52,58-30(23)25(47)18(44)12-38)59-31-27(49)20(14-40)56-33(28(31)50)57-29-24(37-21(45)15-41)32(55-19(13-39)26(29)48)54-10-8-6-4-3-5-7-9-22(46)53-2/h17-20,23-33,38-41,43-44,47-50H,3-15H2,1-2H3,(H,36,42)(H,37,45)(H,51,52)/t17?,18?,19?,20?,23-,24?,25?,26+,27-,28?,29?,30?,31?,32-,33?,35+/m1/s1. The maximum Gasteiger partial charge on any atom is 0.364 e. The summed E-state index contributed by atoms with van der Waals surface area (Å²) in [5, 5.41) is 120. The average molecular weight is 861 g/mol. The van der Waals surface area contributed by atoms with Crippen LogP contribution in [0.1, 0.15) is 58.3 Å². The van der Waals surface area contributed by atoms with Crippen molar-refractivity contribution in [1.29, 1.82) is 0 Å². The molecule has 0 aliphatic carbocycles. The van der Waals surface area contributed by atoms with Crippen molar-refractivity contribution < 1.29 is 109 Å². The van der Waals surface area contributed by atoms with Crippen LogP contribution in [0.15, 0.2) is 0 Å². The molecule has 0 bridgehead atoms. The van der Waals surface area contributed by atoms with E-state index in [4.69, 9.17) is 28.4 Å². The number of unbranched alkanes of at least 4 members (excludes halogenated alkanes) is 5. The first kappa shape index (κ1) is 50.6. The van der Waals surface area contributed by atoms with E-state index in [0.717, 1.165) is 26.2 Å². The van der Waals surface area contributed by atoms with E-state index in [1.165, 1.54) is 7.11 Å². The molecule has 13 N–H and O–H groups in total. The number of carboxylic acid groups (broad SMARTS) is 1. The molecule has 0 aromatic carbocycles. The molecule has 3 saturated heterocycles. The van der Waals surface area contributed by atoms with Gasteiger partial charge in [-0.15, -0.1) is 0 Å². The van der Waals surface area contributed by atoms with Gasteiger partial charge in [-0.2, -0.15) is 0 Å². The van der Waals surface area contributed by atoms with Crippen LogP contribution >= 0.6 is 0 Å². The third kappa shape index (κ3) is 13.4. The third-order valence-corrected chi connectivity index (χ3v) is 10.2. The third-order valence-electron chi connectivity index (χ3n) is 10.2. The first-order valence-corrected chi connectivity index (χ1v) is 19.3. The second-order valence-corrected chi connectivity index (χ2v) is 14.6. The molecule has 24 nitrogen and oxygen atoms in total. The van der Waals surface area contributed by atoms with E-state index in [-0.39, 0.29) is 12.6 Å². The van der Waals surface area contributed by atoms with Gasteiger partial charge in [-0.1, -0.05) is 25.7 Å². The topological polar surface area (TPSA) is 379 Å². The molecule has 2 amide bonds. The van der Waals surface area contributed by atoms with Crippen LogP contribution < -0.4 is 10.6 Å². The van der Waals surface area contributed by atoms with Crippen LogP contribution in [0, 0.1) is 0 Å². The predicted octanol–water partition coefficient (Wildman–Crippen LogP) is -6.18. The summed E-state index contributed by atoms with van der Waals surface area (Å²) in [6.45, 7) is -2.87. The molecule has 0 radical (unpaired) electrons. The summed E-state index contributed by atoms with van der Waals surface area (Å²) in [7, 11) is 1.32. The van der Waals surface area contributed by atoms with Crippen molar-refractivity contribution in [2.75, 3.05) is 40.1 Å². The second kappa shape index (κ2) is 24.0. The van der Waals surface area contributed by atoms with Crippen molar-refractivity contribution in [1.82, 2.24) is 10.6 Å². The minimum absolute atomic E-state index is 0.0352. The lowest BCUT2D eigenvalue weighted by molar-refractivity contribution is -0.381. The molecular weight excluding hydrogens is 800 g/mol. The summed E-state index contributed by atoms with van der Waals surface area (Å²) in [5.74, 6) is -7.12. The fraction of sp³-hybridized carbons (Fsp3) is 0.886. The number of amides is 2. The molecule has 0 spiro atoms. The van der Waals surface area contributed by atoms with Crippen molar-refractivity contribution in [2.45, 2.75) is 156 Å². The lowest BCUT2D eigenvalue weighted by Gasteiger charge is -2.51. The molecule has 16 atom stereocenters. The normalized spacial score (nSPS) is 36.0. The number of carboxylic acids is 1. The highest BCUT2D eigenvalue weighted by atomic mass is 16.8. The molecule has 24 heteroatoms. The van der Waals surface area contributed by atoms with Gasteiger partial charge in [0.1, 0.15) is 73.7 Å². The second-order valence-electron chi connectivity index (χ2n) is 14.6. The van der Waals surface area contributed by atoms with E-state index in [9.17, 15) is 75.3 Å². The van der Waals surface area contributed by atoms with E-state index in [1.54, 1.807) is 0 Å². The smallest absolute Gasteiger partial charge is 0.364 e. The van der Waals surface area contributed by atoms with Crippen LogP contribution in [0.2, 0.25) is 0 Å². The number of carbonyl (C=O) groups excluding carboxylic acids is 3. The number of nitrogens with one attached hydrogen (secondary N) is 2. The molecule has 3 fully saturated rings. The summed E-state index contributed by atoms with van der Waals surface area (Å²) in [6, 6.07) is -3.07. The van der Waals surface area contributed by atoms with Gasteiger partial charge in [-0.3, -0.25) is 14.4 Å². The molecule has 3 rings (SSSR count). The summed E-state index contributed by atoms with van der Waals surface area (Å²) in [4.78, 5) is 48.6. The van der Waals surface area contributed by atoms with Gasteiger partial charge in [0.05, 0.1) is 39.1 Å². The lowest BCUT2D eigenvalue weighted by Crippen LogP contribution is -2.71. The average Bonchev–Trinajstić information content (AvgIpc) is 3.21. The summed E-state index contributed by atoms with van der Waals surface area (Å²) in [6.07, 6.45) is -21.2. The van der Waals surface area contributed by atoms with Gasteiger partial charge in [-0.05, 0) is 12.8 Å². The Labute approximate surface area is 338 Å². The predicted molar refractivity (Wildman–Crippen MR) is 191 cm³/mol. The van der Waals surface area contributed by atoms with Crippen molar-refractivity contribution in [2.24, 2.45) is 0 Å². The van der Waals surface area contributed by atoms with Crippen molar-refractivity contribution >= 4 is 23.8 Å². The molecule has 3 aliphatic rings. The van der Waals surface area contributed by atoms with Crippen LogP contribution in [0.5, 0.6) is 0 Å². The minimum atomic E-state index is -3.08. The van der Waals surface area contributed by atoms with Crippen molar-refractivity contribution in [3.63, 3.8) is 0 Å². The zero-order chi connectivity index (χ0) is 44.0. The molecule has 0 aromatic rings. The summed E-state index contributed by atoms with van der Waals surface area (Å²) >= 11 is 0. The number of ether oxygens (including phenoxy) is 7. The number of aliphatic hydroxyl groups is 10. The zero-order valence-corrected chi connectivity index (χ0v) is 32.8. The fourth-order valence-electron chi connectivity index (χ4n) is 7.07. The van der Waals surface area contributed by atoms with Crippen LogP contribution in [-0.2, 0) is 52.3 Å². The van der Waals surface area contributed by atoms with E-state index in [0.29, 0.717) is 25.7 Å². The molecule has 3 heterocycles. The van der Waals surface area contributed by atoms with Gasteiger partial charge in [0, 0.05) is 26.4 Å².